The van der Waals surface area contributed by atoms with Gasteiger partial charge >= 0.3 is 0 Å². The molecule has 2 aromatic rings. The second-order valence-electron chi connectivity index (χ2n) is 6.07. The van der Waals surface area contributed by atoms with E-state index < -0.39 is 27.6 Å². The Bertz CT molecular complexity index is 910. The van der Waals surface area contributed by atoms with Crippen LogP contribution in [0.5, 0.6) is 0 Å². The second-order valence-corrected chi connectivity index (χ2v) is 8.35. The van der Waals surface area contributed by atoms with Crippen molar-refractivity contribution >= 4 is 21.7 Å². The van der Waals surface area contributed by atoms with Crippen molar-refractivity contribution in [1.29, 1.82) is 0 Å². The highest BCUT2D eigenvalue weighted by Gasteiger charge is 2.18. The molecular formula is C19H21FN2O4S. The van der Waals surface area contributed by atoms with Crippen LogP contribution in [-0.2, 0) is 21.1 Å². The van der Waals surface area contributed by atoms with Crippen LogP contribution in [0.4, 0.5) is 4.39 Å². The van der Waals surface area contributed by atoms with Crippen LogP contribution in [0.3, 0.4) is 0 Å². The van der Waals surface area contributed by atoms with Gasteiger partial charge in [0.15, 0.2) is 9.84 Å². The number of hydrogen-bond acceptors (Lipinski definition) is 4. The lowest BCUT2D eigenvalue weighted by molar-refractivity contribution is -0.121. The van der Waals surface area contributed by atoms with Gasteiger partial charge in [0.25, 0.3) is 5.91 Å². The number of nitrogens with one attached hydrogen (secondary N) is 1. The molecule has 0 aromatic heterocycles. The minimum atomic E-state index is -3.33. The molecule has 0 radical (unpaired) electrons. The Kier molecular flexibility index (Phi) is 6.68. The summed E-state index contributed by atoms with van der Waals surface area (Å²) in [4.78, 5) is 24.0. The van der Waals surface area contributed by atoms with Crippen LogP contribution in [-0.4, -0.2) is 32.5 Å². The molecular weight excluding hydrogens is 371 g/mol. The van der Waals surface area contributed by atoms with E-state index in [0.29, 0.717) is 0 Å². The van der Waals surface area contributed by atoms with Crippen molar-refractivity contribution in [2.75, 3.05) is 12.3 Å². The zero-order chi connectivity index (χ0) is 20.0. The summed E-state index contributed by atoms with van der Waals surface area (Å²) < 4.78 is 36.5. The average Bonchev–Trinajstić information content (AvgIpc) is 2.66. The molecule has 2 rings (SSSR count). The predicted molar refractivity (Wildman–Crippen MR) is 99.3 cm³/mol. The highest BCUT2D eigenvalue weighted by atomic mass is 32.2. The Balaban J connectivity index is 2.01. The lowest BCUT2D eigenvalue weighted by Crippen LogP contribution is -2.37. The predicted octanol–water partition coefficient (Wildman–Crippen LogP) is 1.69. The maximum atomic E-state index is 13.0. The zero-order valence-corrected chi connectivity index (χ0v) is 15.6. The van der Waals surface area contributed by atoms with Gasteiger partial charge in [0.05, 0.1) is 16.6 Å². The Hall–Kier alpha value is -2.74. The first-order chi connectivity index (χ1) is 12.7. The van der Waals surface area contributed by atoms with Crippen molar-refractivity contribution in [3.05, 3.63) is 65.5 Å². The van der Waals surface area contributed by atoms with E-state index in [0.717, 1.165) is 5.56 Å². The number of rotatable bonds is 8. The molecule has 1 unspecified atom stereocenters. The van der Waals surface area contributed by atoms with Crippen molar-refractivity contribution in [1.82, 2.24) is 5.32 Å². The van der Waals surface area contributed by atoms with Crippen LogP contribution in [0.2, 0.25) is 0 Å². The molecule has 8 heteroatoms. The zero-order valence-electron chi connectivity index (χ0n) is 14.8. The fourth-order valence-corrected chi connectivity index (χ4v) is 3.36. The molecule has 3 N–H and O–H groups in total. The molecule has 0 saturated heterocycles. The van der Waals surface area contributed by atoms with Gasteiger partial charge in [-0.2, -0.15) is 0 Å². The number of amides is 2. The van der Waals surface area contributed by atoms with Gasteiger partial charge in [-0.25, -0.2) is 12.8 Å². The van der Waals surface area contributed by atoms with Gasteiger partial charge < -0.3 is 11.1 Å². The van der Waals surface area contributed by atoms with Crippen LogP contribution in [0.15, 0.2) is 53.4 Å². The van der Waals surface area contributed by atoms with Crippen LogP contribution < -0.4 is 11.1 Å². The molecule has 0 bridgehead atoms. The lowest BCUT2D eigenvalue weighted by atomic mass is 9.98. The normalized spacial score (nSPS) is 12.4. The minimum absolute atomic E-state index is 0.0144. The second kappa shape index (κ2) is 8.77. The van der Waals surface area contributed by atoms with Crippen LogP contribution in [0.1, 0.15) is 22.8 Å². The number of sulfone groups is 1. The molecule has 0 saturated carbocycles. The molecule has 144 valence electrons. The number of nitrogens with two attached hydrogens (primary N) is 1. The first kappa shape index (κ1) is 20.6. The minimum Gasteiger partial charge on any atom is -0.369 e. The van der Waals surface area contributed by atoms with Gasteiger partial charge in [0, 0.05) is 12.1 Å². The van der Waals surface area contributed by atoms with Gasteiger partial charge in [-0.1, -0.05) is 19.1 Å². The summed E-state index contributed by atoms with van der Waals surface area (Å²) in [6.07, 6.45) is 0.267. The van der Waals surface area contributed by atoms with Crippen LogP contribution in [0.25, 0.3) is 0 Å². The first-order valence-corrected chi connectivity index (χ1v) is 10.0. The molecule has 1 atom stereocenters. The highest BCUT2D eigenvalue weighted by Crippen LogP contribution is 2.13. The van der Waals surface area contributed by atoms with Crippen LogP contribution >= 0.6 is 0 Å². The van der Waals surface area contributed by atoms with Gasteiger partial charge in [-0.3, -0.25) is 9.59 Å². The number of primary amides is 1. The Morgan fingerprint density at radius 2 is 1.67 bits per heavy atom. The summed E-state index contributed by atoms with van der Waals surface area (Å²) in [5.74, 6) is -2.08. The quantitative estimate of drug-likeness (QED) is 0.713. The van der Waals surface area contributed by atoms with E-state index in [1.807, 2.05) is 0 Å². The van der Waals surface area contributed by atoms with E-state index in [2.05, 4.69) is 5.32 Å². The Morgan fingerprint density at radius 1 is 1.07 bits per heavy atom. The van der Waals surface area contributed by atoms with Gasteiger partial charge in [-0.05, 0) is 48.4 Å². The van der Waals surface area contributed by atoms with Crippen molar-refractivity contribution < 1.29 is 22.4 Å². The van der Waals surface area contributed by atoms with Gasteiger partial charge in [-0.15, -0.1) is 0 Å². The van der Waals surface area contributed by atoms with Gasteiger partial charge in [0.1, 0.15) is 5.82 Å². The van der Waals surface area contributed by atoms with E-state index in [1.54, 1.807) is 19.1 Å². The smallest absolute Gasteiger partial charge is 0.251 e. The molecule has 0 fully saturated rings. The maximum Gasteiger partial charge on any atom is 0.251 e. The van der Waals surface area contributed by atoms with Crippen molar-refractivity contribution in [2.45, 2.75) is 18.2 Å². The largest absolute Gasteiger partial charge is 0.369 e. The molecule has 0 aliphatic carbocycles. The lowest BCUT2D eigenvalue weighted by Gasteiger charge is -2.14. The summed E-state index contributed by atoms with van der Waals surface area (Å²) in [6.45, 7) is 1.56. The molecule has 27 heavy (non-hydrogen) atoms. The number of halogens is 1. The summed E-state index contributed by atoms with van der Waals surface area (Å²) in [7, 11) is -3.33. The van der Waals surface area contributed by atoms with E-state index >= 15 is 0 Å². The van der Waals surface area contributed by atoms with E-state index in [1.165, 1.54) is 36.4 Å². The first-order valence-electron chi connectivity index (χ1n) is 8.37. The third-order valence-corrected chi connectivity index (χ3v) is 5.91. The van der Waals surface area contributed by atoms with E-state index in [-0.39, 0.29) is 35.0 Å². The summed E-state index contributed by atoms with van der Waals surface area (Å²) in [6, 6.07) is 11.3. The fraction of sp³-hybridized carbons (Fsp3) is 0.263. The molecule has 0 spiro atoms. The average molecular weight is 392 g/mol. The number of carbonyl (C=O) groups excluding carboxylic acids is 2. The molecule has 0 heterocycles. The van der Waals surface area contributed by atoms with Crippen molar-refractivity contribution in [3.8, 4) is 0 Å². The Morgan fingerprint density at radius 3 is 2.19 bits per heavy atom. The highest BCUT2D eigenvalue weighted by molar-refractivity contribution is 7.91. The number of carbonyl (C=O) groups is 2. The number of benzene rings is 2. The fourth-order valence-electron chi connectivity index (χ4n) is 2.48. The van der Waals surface area contributed by atoms with Crippen molar-refractivity contribution in [2.24, 2.45) is 11.7 Å². The summed E-state index contributed by atoms with van der Waals surface area (Å²) in [5.41, 5.74) is 6.39. The Labute approximate surface area is 157 Å². The standard InChI is InChI=1S/C19H21FN2O4S/c1-2-27(25,26)17-9-5-14(6-10-17)19(24)22-12-15(18(21)23)11-13-3-7-16(20)8-4-13/h3-10,15H,2,11-12H2,1H3,(H2,21,23)(H,22,24). The summed E-state index contributed by atoms with van der Waals surface area (Å²) in [5, 5.41) is 2.62. The third-order valence-electron chi connectivity index (χ3n) is 4.16. The van der Waals surface area contributed by atoms with E-state index in [4.69, 9.17) is 5.73 Å². The van der Waals surface area contributed by atoms with E-state index in [9.17, 15) is 22.4 Å². The van der Waals surface area contributed by atoms with Crippen LogP contribution in [0, 0.1) is 11.7 Å². The molecule has 2 aromatic carbocycles. The molecule has 2 amide bonds. The van der Waals surface area contributed by atoms with Crippen molar-refractivity contribution in [3.63, 3.8) is 0 Å². The third kappa shape index (κ3) is 5.62. The van der Waals surface area contributed by atoms with Gasteiger partial charge in [0.2, 0.25) is 5.91 Å². The molecule has 0 aliphatic rings. The molecule has 6 nitrogen and oxygen atoms in total. The SMILES string of the molecule is CCS(=O)(=O)c1ccc(C(=O)NCC(Cc2ccc(F)cc2)C(N)=O)cc1. The topological polar surface area (TPSA) is 106 Å². The maximum absolute atomic E-state index is 13.0. The molecule has 0 aliphatic heterocycles. The summed E-state index contributed by atoms with van der Waals surface area (Å²) >= 11 is 0. The monoisotopic (exact) mass is 392 g/mol. The number of hydrogen-bond donors (Lipinski definition) is 2.